The van der Waals surface area contributed by atoms with Gasteiger partial charge in [-0.05, 0) is 48.1 Å². The molecule has 23 heavy (non-hydrogen) atoms. The maximum absolute atomic E-state index is 12.2. The van der Waals surface area contributed by atoms with Crippen molar-refractivity contribution in [3.63, 3.8) is 0 Å². The van der Waals surface area contributed by atoms with Crippen LogP contribution in [0.4, 0.5) is 0 Å². The van der Waals surface area contributed by atoms with Gasteiger partial charge in [0.1, 0.15) is 5.60 Å². The van der Waals surface area contributed by atoms with E-state index >= 15 is 0 Å². The van der Waals surface area contributed by atoms with Crippen LogP contribution in [0.15, 0.2) is 72.8 Å². The van der Waals surface area contributed by atoms with E-state index in [0.29, 0.717) is 17.8 Å². The van der Waals surface area contributed by atoms with Gasteiger partial charge in [-0.3, -0.25) is 0 Å². The molecule has 3 aliphatic carbocycles. The summed E-state index contributed by atoms with van der Waals surface area (Å²) < 4.78 is 0. The molecule has 5 rings (SSSR count). The average Bonchev–Trinajstić information content (AvgIpc) is 3.11. The highest BCUT2D eigenvalue weighted by Crippen LogP contribution is 2.73. The molecule has 2 fully saturated rings. The van der Waals surface area contributed by atoms with Gasteiger partial charge in [0, 0.05) is 5.41 Å². The molecule has 2 aromatic carbocycles. The first-order chi connectivity index (χ1) is 11.3. The highest BCUT2D eigenvalue weighted by Gasteiger charge is 2.70. The van der Waals surface area contributed by atoms with Gasteiger partial charge < -0.3 is 5.11 Å². The molecule has 0 spiro atoms. The largest absolute Gasteiger partial charge is 0.380 e. The summed E-state index contributed by atoms with van der Waals surface area (Å²) in [5.74, 6) is 1.81. The predicted octanol–water partition coefficient (Wildman–Crippen LogP) is 4.52. The Morgan fingerprint density at radius 2 is 1.48 bits per heavy atom. The van der Waals surface area contributed by atoms with E-state index in [1.165, 1.54) is 12.8 Å². The second-order valence-corrected chi connectivity index (χ2v) is 7.52. The van der Waals surface area contributed by atoms with Crippen molar-refractivity contribution in [3.8, 4) is 0 Å². The van der Waals surface area contributed by atoms with Gasteiger partial charge in [0.2, 0.25) is 0 Å². The zero-order valence-corrected chi connectivity index (χ0v) is 13.2. The fourth-order valence-electron chi connectivity index (χ4n) is 5.87. The predicted molar refractivity (Wildman–Crippen MR) is 91.8 cm³/mol. The van der Waals surface area contributed by atoms with Crippen LogP contribution >= 0.6 is 0 Å². The van der Waals surface area contributed by atoms with E-state index in [1.807, 2.05) is 12.1 Å². The Hall–Kier alpha value is -1.86. The lowest BCUT2D eigenvalue weighted by atomic mass is 9.46. The maximum Gasteiger partial charge on any atom is 0.121 e. The van der Waals surface area contributed by atoms with Crippen molar-refractivity contribution in [3.05, 3.63) is 83.9 Å². The molecule has 2 aromatic rings. The third-order valence-electron chi connectivity index (χ3n) is 6.88. The van der Waals surface area contributed by atoms with E-state index in [2.05, 4.69) is 60.7 Å². The molecule has 4 atom stereocenters. The second-order valence-electron chi connectivity index (χ2n) is 7.52. The van der Waals surface area contributed by atoms with Crippen LogP contribution in [0.2, 0.25) is 0 Å². The number of aliphatic hydroxyl groups is 1. The lowest BCUT2D eigenvalue weighted by Crippen LogP contribution is -2.58. The minimum atomic E-state index is -0.886. The Labute approximate surface area is 137 Å². The van der Waals surface area contributed by atoms with Crippen LogP contribution in [0, 0.1) is 23.2 Å². The molecule has 1 heteroatoms. The summed E-state index contributed by atoms with van der Waals surface area (Å²) in [5.41, 5.74) is 1.20. The standard InChI is InChI=1S/C22H22O/c23-22(17-7-3-1-4-8-17,18-9-5-2-6-10-18)21-14-13-20(21)16-11-12-19(21)15-16/h1-12,16,19-20,23H,13-15H2. The van der Waals surface area contributed by atoms with Crippen molar-refractivity contribution >= 4 is 0 Å². The number of hydrogen-bond acceptors (Lipinski definition) is 1. The molecule has 4 unspecified atom stereocenters. The Morgan fingerprint density at radius 3 is 1.96 bits per heavy atom. The van der Waals surface area contributed by atoms with Gasteiger partial charge >= 0.3 is 0 Å². The second kappa shape index (κ2) is 4.58. The summed E-state index contributed by atoms with van der Waals surface area (Å²) in [7, 11) is 0. The lowest BCUT2D eigenvalue weighted by molar-refractivity contribution is -0.157. The maximum atomic E-state index is 12.2. The summed E-state index contributed by atoms with van der Waals surface area (Å²) in [5, 5.41) is 12.2. The van der Waals surface area contributed by atoms with Gasteiger partial charge in [-0.1, -0.05) is 72.8 Å². The molecule has 0 saturated heterocycles. The number of hydrogen-bond donors (Lipinski definition) is 1. The zero-order valence-electron chi connectivity index (χ0n) is 13.2. The highest BCUT2D eigenvalue weighted by atomic mass is 16.3. The molecule has 0 aromatic heterocycles. The smallest absolute Gasteiger partial charge is 0.121 e. The van der Waals surface area contributed by atoms with Crippen LogP contribution in [0.5, 0.6) is 0 Å². The van der Waals surface area contributed by atoms with Gasteiger partial charge in [0.25, 0.3) is 0 Å². The molecule has 0 amide bonds. The minimum absolute atomic E-state index is 0.0187. The topological polar surface area (TPSA) is 20.2 Å². The van der Waals surface area contributed by atoms with Crippen LogP contribution in [-0.4, -0.2) is 5.11 Å². The molecular formula is C22H22O. The molecule has 2 saturated carbocycles. The third kappa shape index (κ3) is 1.51. The van der Waals surface area contributed by atoms with E-state index in [0.717, 1.165) is 17.5 Å². The van der Waals surface area contributed by atoms with Crippen LogP contribution < -0.4 is 0 Å². The third-order valence-corrected chi connectivity index (χ3v) is 6.88. The van der Waals surface area contributed by atoms with Crippen molar-refractivity contribution in [2.45, 2.75) is 24.9 Å². The van der Waals surface area contributed by atoms with Crippen molar-refractivity contribution in [1.82, 2.24) is 0 Å². The minimum Gasteiger partial charge on any atom is -0.380 e. The van der Waals surface area contributed by atoms with Crippen LogP contribution in [0.1, 0.15) is 30.4 Å². The van der Waals surface area contributed by atoms with Gasteiger partial charge in [-0.2, -0.15) is 0 Å². The van der Waals surface area contributed by atoms with E-state index in [1.54, 1.807) is 0 Å². The highest BCUT2D eigenvalue weighted by molar-refractivity contribution is 5.44. The Morgan fingerprint density at radius 1 is 0.870 bits per heavy atom. The number of benzene rings is 2. The first-order valence-corrected chi connectivity index (χ1v) is 8.78. The van der Waals surface area contributed by atoms with Crippen LogP contribution in [0.25, 0.3) is 0 Å². The van der Waals surface area contributed by atoms with E-state index in [4.69, 9.17) is 0 Å². The molecule has 0 heterocycles. The average molecular weight is 302 g/mol. The first kappa shape index (κ1) is 13.6. The molecular weight excluding hydrogens is 280 g/mol. The fraction of sp³-hybridized carbons (Fsp3) is 0.364. The van der Waals surface area contributed by atoms with E-state index in [9.17, 15) is 5.11 Å². The summed E-state index contributed by atoms with van der Waals surface area (Å²) in [6.45, 7) is 0. The number of fused-ring (bicyclic) bond motifs is 5. The normalized spacial score (nSPS) is 34.2. The number of rotatable bonds is 3. The zero-order chi connectivity index (χ0) is 15.5. The fourth-order valence-corrected chi connectivity index (χ4v) is 5.87. The lowest BCUT2D eigenvalue weighted by Gasteiger charge is -2.60. The summed E-state index contributed by atoms with van der Waals surface area (Å²) in [6.07, 6.45) is 8.41. The summed E-state index contributed by atoms with van der Waals surface area (Å²) in [4.78, 5) is 0. The molecule has 0 aliphatic heterocycles. The quantitative estimate of drug-likeness (QED) is 0.826. The molecule has 3 aliphatic rings. The van der Waals surface area contributed by atoms with Gasteiger partial charge in [0.15, 0.2) is 0 Å². The number of allylic oxidation sites excluding steroid dienone is 2. The van der Waals surface area contributed by atoms with Crippen molar-refractivity contribution in [1.29, 1.82) is 0 Å². The Kier molecular flexibility index (Phi) is 2.70. The van der Waals surface area contributed by atoms with Gasteiger partial charge in [0.05, 0.1) is 0 Å². The summed E-state index contributed by atoms with van der Waals surface area (Å²) >= 11 is 0. The van der Waals surface area contributed by atoms with Crippen molar-refractivity contribution < 1.29 is 5.11 Å². The monoisotopic (exact) mass is 302 g/mol. The van der Waals surface area contributed by atoms with Gasteiger partial charge in [-0.25, -0.2) is 0 Å². The van der Waals surface area contributed by atoms with Crippen LogP contribution in [-0.2, 0) is 5.60 Å². The molecule has 2 bridgehead atoms. The SMILES string of the molecule is OC(c1ccccc1)(c1ccccc1)C12CCC1C1C=CC2C1. The van der Waals surface area contributed by atoms with E-state index < -0.39 is 5.60 Å². The Balaban J connectivity index is 1.75. The molecule has 1 N–H and O–H groups in total. The van der Waals surface area contributed by atoms with Crippen molar-refractivity contribution in [2.75, 3.05) is 0 Å². The summed E-state index contributed by atoms with van der Waals surface area (Å²) in [6, 6.07) is 20.7. The van der Waals surface area contributed by atoms with E-state index in [-0.39, 0.29) is 5.41 Å². The van der Waals surface area contributed by atoms with Crippen LogP contribution in [0.3, 0.4) is 0 Å². The first-order valence-electron chi connectivity index (χ1n) is 8.78. The molecule has 116 valence electrons. The van der Waals surface area contributed by atoms with Gasteiger partial charge in [-0.15, -0.1) is 0 Å². The molecule has 1 nitrogen and oxygen atoms in total. The molecule has 0 radical (unpaired) electrons. The van der Waals surface area contributed by atoms with Crippen molar-refractivity contribution in [2.24, 2.45) is 23.2 Å². The Bertz CT molecular complexity index is 709.